The fourth-order valence-electron chi connectivity index (χ4n) is 2.37. The van der Waals surface area contributed by atoms with Crippen LogP contribution in [-0.2, 0) is 14.4 Å². The Morgan fingerprint density at radius 1 is 1.22 bits per heavy atom. The van der Waals surface area contributed by atoms with Crippen molar-refractivity contribution in [2.24, 2.45) is 5.41 Å². The summed E-state index contributed by atoms with van der Waals surface area (Å²) in [6, 6.07) is -0.381. The molecule has 2 amide bonds. The van der Waals surface area contributed by atoms with Gasteiger partial charge in [-0.15, -0.1) is 11.8 Å². The smallest absolute Gasteiger partial charge is 0.303 e. The molecule has 0 saturated carbocycles. The summed E-state index contributed by atoms with van der Waals surface area (Å²) >= 11 is 1.60. The van der Waals surface area contributed by atoms with Crippen molar-refractivity contribution in [3.05, 3.63) is 0 Å². The standard InChI is InChI=1S/C16H28N2O4S/c1-16(2,3)9-13(19)18-11-23-10-12(18)15(22)17-8-6-4-5-7-14(20)21/h12H,4-11H2,1-3H3,(H,17,22)(H,20,21). The first-order chi connectivity index (χ1) is 10.7. The molecule has 23 heavy (non-hydrogen) atoms. The van der Waals surface area contributed by atoms with E-state index in [4.69, 9.17) is 5.11 Å². The molecule has 1 unspecified atom stereocenters. The van der Waals surface area contributed by atoms with Gasteiger partial charge in [-0.25, -0.2) is 0 Å². The maximum absolute atomic E-state index is 12.3. The Morgan fingerprint density at radius 3 is 2.52 bits per heavy atom. The summed E-state index contributed by atoms with van der Waals surface area (Å²) in [5.74, 6) is 0.358. The van der Waals surface area contributed by atoms with E-state index in [1.54, 1.807) is 16.7 Å². The second kappa shape index (κ2) is 9.15. The molecule has 0 aromatic carbocycles. The number of unbranched alkanes of at least 4 members (excludes halogenated alkanes) is 2. The molecule has 1 saturated heterocycles. The van der Waals surface area contributed by atoms with Crippen molar-refractivity contribution in [3.63, 3.8) is 0 Å². The fourth-order valence-corrected chi connectivity index (χ4v) is 3.55. The second-order valence-corrected chi connectivity index (χ2v) is 8.11. The number of thioether (sulfide) groups is 1. The minimum atomic E-state index is -0.787. The Labute approximate surface area is 142 Å². The Kier molecular flexibility index (Phi) is 7.88. The van der Waals surface area contributed by atoms with Crippen molar-refractivity contribution in [1.29, 1.82) is 0 Å². The summed E-state index contributed by atoms with van der Waals surface area (Å²) in [5, 5.41) is 11.4. The average molecular weight is 344 g/mol. The Morgan fingerprint density at radius 2 is 1.91 bits per heavy atom. The molecular formula is C16H28N2O4S. The molecule has 1 heterocycles. The second-order valence-electron chi connectivity index (χ2n) is 7.11. The Bertz CT molecular complexity index is 434. The molecular weight excluding hydrogens is 316 g/mol. The zero-order valence-corrected chi connectivity index (χ0v) is 15.1. The summed E-state index contributed by atoms with van der Waals surface area (Å²) in [5.41, 5.74) is -0.0878. The number of carboxylic acid groups (broad SMARTS) is 1. The van der Waals surface area contributed by atoms with Crippen LogP contribution in [-0.4, -0.2) is 52.0 Å². The SMILES string of the molecule is CC(C)(C)CC(=O)N1CSCC1C(=O)NCCCCCC(=O)O. The highest BCUT2D eigenvalue weighted by atomic mass is 32.2. The minimum absolute atomic E-state index is 0.0316. The van der Waals surface area contributed by atoms with Gasteiger partial charge >= 0.3 is 5.97 Å². The zero-order chi connectivity index (χ0) is 17.5. The number of hydrogen-bond donors (Lipinski definition) is 2. The van der Waals surface area contributed by atoms with Crippen LogP contribution >= 0.6 is 11.8 Å². The molecule has 1 aliphatic heterocycles. The first-order valence-electron chi connectivity index (χ1n) is 8.07. The summed E-state index contributed by atoms with van der Waals surface area (Å²) in [7, 11) is 0. The van der Waals surface area contributed by atoms with Crippen LogP contribution in [0.4, 0.5) is 0 Å². The third kappa shape index (κ3) is 7.72. The van der Waals surface area contributed by atoms with Gasteiger partial charge in [-0.2, -0.15) is 0 Å². The van der Waals surface area contributed by atoms with Crippen LogP contribution in [0.15, 0.2) is 0 Å². The zero-order valence-electron chi connectivity index (χ0n) is 14.3. The first kappa shape index (κ1) is 19.8. The molecule has 1 aliphatic rings. The van der Waals surface area contributed by atoms with E-state index in [0.717, 1.165) is 12.8 Å². The van der Waals surface area contributed by atoms with Crippen LogP contribution in [0.2, 0.25) is 0 Å². The predicted molar refractivity (Wildman–Crippen MR) is 91.1 cm³/mol. The maximum Gasteiger partial charge on any atom is 0.303 e. The lowest BCUT2D eigenvalue weighted by Gasteiger charge is -2.26. The quantitative estimate of drug-likeness (QED) is 0.658. The molecule has 0 aliphatic carbocycles. The first-order valence-corrected chi connectivity index (χ1v) is 9.23. The number of hydrogen-bond acceptors (Lipinski definition) is 4. The molecule has 1 atom stereocenters. The van der Waals surface area contributed by atoms with Gasteiger partial charge in [0.1, 0.15) is 6.04 Å². The van der Waals surface area contributed by atoms with E-state index in [9.17, 15) is 14.4 Å². The van der Waals surface area contributed by atoms with Gasteiger partial charge in [-0.05, 0) is 18.3 Å². The number of carbonyl (C=O) groups excluding carboxylic acids is 2. The van der Waals surface area contributed by atoms with Crippen LogP contribution in [0.3, 0.4) is 0 Å². The lowest BCUT2D eigenvalue weighted by Crippen LogP contribution is -2.48. The van der Waals surface area contributed by atoms with Crippen LogP contribution in [0.1, 0.15) is 52.9 Å². The maximum atomic E-state index is 12.3. The van der Waals surface area contributed by atoms with Crippen LogP contribution in [0.5, 0.6) is 0 Å². The Balaban J connectivity index is 2.34. The number of carboxylic acids is 1. The average Bonchev–Trinajstić information content (AvgIpc) is 2.89. The number of nitrogens with zero attached hydrogens (tertiary/aromatic N) is 1. The molecule has 0 aromatic rings. The lowest BCUT2D eigenvalue weighted by atomic mass is 9.91. The normalized spacial score (nSPS) is 18.0. The monoisotopic (exact) mass is 344 g/mol. The molecule has 132 valence electrons. The third-order valence-corrected chi connectivity index (χ3v) is 4.57. The van der Waals surface area contributed by atoms with Crippen molar-refractivity contribution >= 4 is 29.5 Å². The summed E-state index contributed by atoms with van der Waals surface area (Å²) in [6.45, 7) is 6.57. The van der Waals surface area contributed by atoms with Crippen molar-refractivity contribution in [2.45, 2.75) is 58.9 Å². The molecule has 7 heteroatoms. The summed E-state index contributed by atoms with van der Waals surface area (Å²) in [6.07, 6.45) is 2.77. The predicted octanol–water partition coefficient (Wildman–Crippen LogP) is 2.09. The van der Waals surface area contributed by atoms with Gasteiger partial charge in [-0.1, -0.05) is 27.2 Å². The van der Waals surface area contributed by atoms with Crippen LogP contribution in [0.25, 0.3) is 0 Å². The highest BCUT2D eigenvalue weighted by molar-refractivity contribution is 7.99. The van der Waals surface area contributed by atoms with E-state index in [2.05, 4.69) is 5.32 Å². The number of carbonyl (C=O) groups is 3. The molecule has 0 spiro atoms. The van der Waals surface area contributed by atoms with E-state index in [-0.39, 0.29) is 29.7 Å². The molecule has 1 rings (SSSR count). The van der Waals surface area contributed by atoms with Gasteiger partial charge in [0, 0.05) is 25.1 Å². The van der Waals surface area contributed by atoms with Gasteiger partial charge in [0.05, 0.1) is 5.88 Å². The molecule has 0 radical (unpaired) electrons. The summed E-state index contributed by atoms with van der Waals surface area (Å²) < 4.78 is 0. The fraction of sp³-hybridized carbons (Fsp3) is 0.812. The van der Waals surface area contributed by atoms with Gasteiger partial charge in [0.2, 0.25) is 11.8 Å². The number of nitrogens with one attached hydrogen (secondary N) is 1. The van der Waals surface area contributed by atoms with Crippen LogP contribution in [0, 0.1) is 5.41 Å². The number of aliphatic carboxylic acids is 1. The van der Waals surface area contributed by atoms with Gasteiger partial charge < -0.3 is 15.3 Å². The van der Waals surface area contributed by atoms with Crippen LogP contribution < -0.4 is 5.32 Å². The highest BCUT2D eigenvalue weighted by Crippen LogP contribution is 2.26. The van der Waals surface area contributed by atoms with E-state index in [1.807, 2.05) is 20.8 Å². The van der Waals surface area contributed by atoms with E-state index in [1.165, 1.54) is 0 Å². The van der Waals surface area contributed by atoms with Gasteiger partial charge in [0.15, 0.2) is 0 Å². The van der Waals surface area contributed by atoms with Gasteiger partial charge in [0.25, 0.3) is 0 Å². The molecule has 6 nitrogen and oxygen atoms in total. The highest BCUT2D eigenvalue weighted by Gasteiger charge is 2.35. The van der Waals surface area contributed by atoms with Crippen molar-refractivity contribution in [1.82, 2.24) is 10.2 Å². The number of amides is 2. The summed E-state index contributed by atoms with van der Waals surface area (Å²) in [4.78, 5) is 36.7. The topological polar surface area (TPSA) is 86.7 Å². The third-order valence-electron chi connectivity index (χ3n) is 3.55. The molecule has 1 fully saturated rings. The molecule has 0 aromatic heterocycles. The Hall–Kier alpha value is -1.24. The largest absolute Gasteiger partial charge is 0.481 e. The number of rotatable bonds is 8. The van der Waals surface area contributed by atoms with E-state index >= 15 is 0 Å². The molecule has 0 bridgehead atoms. The van der Waals surface area contributed by atoms with Crippen molar-refractivity contribution in [2.75, 3.05) is 18.2 Å². The van der Waals surface area contributed by atoms with Gasteiger partial charge in [-0.3, -0.25) is 14.4 Å². The van der Waals surface area contributed by atoms with Crippen molar-refractivity contribution < 1.29 is 19.5 Å². The lowest BCUT2D eigenvalue weighted by molar-refractivity contribution is -0.139. The molecule has 2 N–H and O–H groups in total. The van der Waals surface area contributed by atoms with E-state index < -0.39 is 5.97 Å². The van der Waals surface area contributed by atoms with Crippen molar-refractivity contribution in [3.8, 4) is 0 Å². The van der Waals surface area contributed by atoms with E-state index in [0.29, 0.717) is 31.0 Å². The minimum Gasteiger partial charge on any atom is -0.481 e.